The normalized spacial score (nSPS) is 19.5. The van der Waals surface area contributed by atoms with Crippen molar-refractivity contribution in [3.8, 4) is 0 Å². The van der Waals surface area contributed by atoms with Crippen LogP contribution in [-0.2, 0) is 0 Å². The van der Waals surface area contributed by atoms with E-state index < -0.39 is 0 Å². The number of nitrogens with one attached hydrogen (secondary N) is 1. The van der Waals surface area contributed by atoms with E-state index in [9.17, 15) is 0 Å². The summed E-state index contributed by atoms with van der Waals surface area (Å²) in [4.78, 5) is 0. The predicted molar refractivity (Wildman–Crippen MR) is 66.6 cm³/mol. The summed E-state index contributed by atoms with van der Waals surface area (Å²) in [6, 6.07) is 6.74. The van der Waals surface area contributed by atoms with E-state index in [-0.39, 0.29) is 0 Å². The van der Waals surface area contributed by atoms with Gasteiger partial charge in [0.05, 0.1) is 0 Å². The molecule has 15 heavy (non-hydrogen) atoms. The predicted octanol–water partition coefficient (Wildman–Crippen LogP) is 3.98. The number of benzene rings is 1. The Bertz CT molecular complexity index is 352. The molecule has 0 fully saturated rings. The number of para-hydroxylation sites is 1. The van der Waals surface area contributed by atoms with Crippen LogP contribution in [0.5, 0.6) is 0 Å². The van der Waals surface area contributed by atoms with Crippen LogP contribution in [0.25, 0.3) is 0 Å². The van der Waals surface area contributed by atoms with Gasteiger partial charge in [-0.2, -0.15) is 0 Å². The first-order valence-electron chi connectivity index (χ1n) is 5.98. The van der Waals surface area contributed by atoms with Gasteiger partial charge in [-0.1, -0.05) is 45.9 Å². The van der Waals surface area contributed by atoms with Gasteiger partial charge in [-0.05, 0) is 23.0 Å². The van der Waals surface area contributed by atoms with E-state index in [1.807, 2.05) is 0 Å². The average Bonchev–Trinajstić information content (AvgIpc) is 2.59. The maximum Gasteiger partial charge on any atom is 0.0411 e. The topological polar surface area (TPSA) is 12.0 Å². The van der Waals surface area contributed by atoms with Crippen LogP contribution in [0, 0.1) is 5.92 Å². The Balaban J connectivity index is 2.43. The van der Waals surface area contributed by atoms with Crippen LogP contribution >= 0.6 is 0 Å². The molecular weight excluding hydrogens is 182 g/mol. The molecule has 0 radical (unpaired) electrons. The first-order chi connectivity index (χ1) is 7.11. The van der Waals surface area contributed by atoms with Crippen molar-refractivity contribution >= 4 is 5.69 Å². The minimum absolute atomic E-state index is 0.610. The lowest BCUT2D eigenvalue weighted by atomic mass is 9.88. The summed E-state index contributed by atoms with van der Waals surface area (Å²) in [5.74, 6) is 2.03. The van der Waals surface area contributed by atoms with Gasteiger partial charge >= 0.3 is 0 Å². The molecule has 1 heterocycles. The third-order valence-corrected chi connectivity index (χ3v) is 3.45. The molecule has 1 heteroatoms. The number of hydrogen-bond acceptors (Lipinski definition) is 1. The summed E-state index contributed by atoms with van der Waals surface area (Å²) >= 11 is 0. The molecule has 0 amide bonds. The molecule has 0 aromatic heterocycles. The minimum Gasteiger partial charge on any atom is -0.384 e. The second kappa shape index (κ2) is 3.88. The molecule has 1 atom stereocenters. The van der Waals surface area contributed by atoms with Crippen LogP contribution in [-0.4, -0.2) is 6.54 Å². The van der Waals surface area contributed by atoms with Gasteiger partial charge in [0.2, 0.25) is 0 Å². The lowest BCUT2D eigenvalue weighted by molar-refractivity contribution is 0.533. The minimum atomic E-state index is 0.610. The van der Waals surface area contributed by atoms with Crippen molar-refractivity contribution in [3.05, 3.63) is 29.3 Å². The van der Waals surface area contributed by atoms with Crippen LogP contribution in [0.4, 0.5) is 5.69 Å². The Kier molecular flexibility index (Phi) is 2.72. The SMILES string of the molecule is CC(C)c1cccc2c1NCC2C(C)C. The molecule has 0 bridgehead atoms. The fourth-order valence-corrected chi connectivity index (χ4v) is 2.50. The Morgan fingerprint density at radius 1 is 1.20 bits per heavy atom. The van der Waals surface area contributed by atoms with Crippen LogP contribution in [0.3, 0.4) is 0 Å². The molecule has 1 aliphatic rings. The van der Waals surface area contributed by atoms with E-state index in [1.54, 1.807) is 0 Å². The van der Waals surface area contributed by atoms with Gasteiger partial charge in [-0.3, -0.25) is 0 Å². The first kappa shape index (κ1) is 10.5. The molecule has 1 unspecified atom stereocenters. The molecule has 1 N–H and O–H groups in total. The second-order valence-electron chi connectivity index (χ2n) is 5.20. The van der Waals surface area contributed by atoms with Gasteiger partial charge in [0, 0.05) is 18.2 Å². The van der Waals surface area contributed by atoms with Crippen molar-refractivity contribution < 1.29 is 0 Å². The highest BCUT2D eigenvalue weighted by atomic mass is 14.9. The number of hydrogen-bond donors (Lipinski definition) is 1. The number of fused-ring (bicyclic) bond motifs is 1. The summed E-state index contributed by atoms with van der Waals surface area (Å²) in [7, 11) is 0. The highest BCUT2D eigenvalue weighted by Gasteiger charge is 2.26. The summed E-state index contributed by atoms with van der Waals surface area (Å²) in [6.45, 7) is 10.3. The van der Waals surface area contributed by atoms with Gasteiger partial charge in [0.1, 0.15) is 0 Å². The van der Waals surface area contributed by atoms with Crippen LogP contribution in [0.1, 0.15) is 50.7 Å². The second-order valence-corrected chi connectivity index (χ2v) is 5.20. The fourth-order valence-electron chi connectivity index (χ4n) is 2.50. The van der Waals surface area contributed by atoms with Gasteiger partial charge in [0.15, 0.2) is 0 Å². The maximum atomic E-state index is 3.58. The molecule has 0 saturated heterocycles. The Morgan fingerprint density at radius 3 is 2.53 bits per heavy atom. The van der Waals surface area contributed by atoms with Crippen LogP contribution in [0.2, 0.25) is 0 Å². The number of anilines is 1. The largest absolute Gasteiger partial charge is 0.384 e. The summed E-state index contributed by atoms with van der Waals surface area (Å²) in [5, 5.41) is 3.58. The molecule has 1 aromatic rings. The zero-order chi connectivity index (χ0) is 11.0. The van der Waals surface area contributed by atoms with Crippen molar-refractivity contribution in [2.24, 2.45) is 5.92 Å². The molecule has 2 rings (SSSR count). The molecule has 0 spiro atoms. The summed E-state index contributed by atoms with van der Waals surface area (Å²) in [6.07, 6.45) is 0. The van der Waals surface area contributed by atoms with E-state index in [2.05, 4.69) is 51.2 Å². The molecule has 0 saturated carbocycles. The Hall–Kier alpha value is -0.980. The Labute approximate surface area is 92.9 Å². The zero-order valence-electron chi connectivity index (χ0n) is 10.2. The third kappa shape index (κ3) is 1.75. The summed E-state index contributed by atoms with van der Waals surface area (Å²) in [5.41, 5.74) is 4.40. The van der Waals surface area contributed by atoms with E-state index in [0.717, 1.165) is 12.5 Å². The molecule has 1 aromatic carbocycles. The molecule has 82 valence electrons. The third-order valence-electron chi connectivity index (χ3n) is 3.45. The lowest BCUT2D eigenvalue weighted by Gasteiger charge is -2.15. The standard InChI is InChI=1S/C14H21N/c1-9(2)11-6-5-7-12-13(10(3)4)8-15-14(11)12/h5-7,9-10,13,15H,8H2,1-4H3. The van der Waals surface area contributed by atoms with Gasteiger partial charge in [0.25, 0.3) is 0 Å². The number of rotatable bonds is 2. The van der Waals surface area contributed by atoms with E-state index >= 15 is 0 Å². The smallest absolute Gasteiger partial charge is 0.0411 e. The van der Waals surface area contributed by atoms with E-state index in [0.29, 0.717) is 11.8 Å². The average molecular weight is 203 g/mol. The monoisotopic (exact) mass is 203 g/mol. The van der Waals surface area contributed by atoms with Crippen molar-refractivity contribution in [3.63, 3.8) is 0 Å². The highest BCUT2D eigenvalue weighted by molar-refractivity contribution is 5.64. The van der Waals surface area contributed by atoms with Crippen molar-refractivity contribution in [1.29, 1.82) is 0 Å². The molecular formula is C14H21N. The van der Waals surface area contributed by atoms with Crippen molar-refractivity contribution in [1.82, 2.24) is 0 Å². The first-order valence-corrected chi connectivity index (χ1v) is 5.98. The Morgan fingerprint density at radius 2 is 1.93 bits per heavy atom. The van der Waals surface area contributed by atoms with Crippen molar-refractivity contribution in [2.75, 3.05) is 11.9 Å². The van der Waals surface area contributed by atoms with Gasteiger partial charge in [-0.25, -0.2) is 0 Å². The van der Waals surface area contributed by atoms with Crippen LogP contribution in [0.15, 0.2) is 18.2 Å². The van der Waals surface area contributed by atoms with Crippen LogP contribution < -0.4 is 5.32 Å². The lowest BCUT2D eigenvalue weighted by Crippen LogP contribution is -2.08. The fraction of sp³-hybridized carbons (Fsp3) is 0.571. The summed E-state index contributed by atoms with van der Waals surface area (Å²) < 4.78 is 0. The van der Waals surface area contributed by atoms with Gasteiger partial charge < -0.3 is 5.32 Å². The zero-order valence-corrected chi connectivity index (χ0v) is 10.2. The molecule has 1 aliphatic heterocycles. The van der Waals surface area contributed by atoms with Gasteiger partial charge in [-0.15, -0.1) is 0 Å². The highest BCUT2D eigenvalue weighted by Crippen LogP contribution is 2.40. The quantitative estimate of drug-likeness (QED) is 0.766. The van der Waals surface area contributed by atoms with E-state index in [1.165, 1.54) is 16.8 Å². The van der Waals surface area contributed by atoms with E-state index in [4.69, 9.17) is 0 Å². The molecule has 0 aliphatic carbocycles. The molecule has 1 nitrogen and oxygen atoms in total. The van der Waals surface area contributed by atoms with Crippen molar-refractivity contribution in [2.45, 2.75) is 39.5 Å². The maximum absolute atomic E-state index is 3.58.